The van der Waals surface area contributed by atoms with Crippen molar-refractivity contribution in [2.75, 3.05) is 18.0 Å². The van der Waals surface area contributed by atoms with Crippen molar-refractivity contribution in [2.45, 2.75) is 31.3 Å². The number of H-pyrrole nitrogens is 1. The Balaban J connectivity index is 1.94. The lowest BCUT2D eigenvalue weighted by Crippen LogP contribution is -2.28. The van der Waals surface area contributed by atoms with Gasteiger partial charge in [-0.3, -0.25) is 9.59 Å². The maximum absolute atomic E-state index is 15.6. The molecule has 2 aliphatic rings. The molecule has 3 N–H and O–H groups in total. The predicted octanol–water partition coefficient (Wildman–Crippen LogP) is 1.39. The van der Waals surface area contributed by atoms with E-state index in [0.29, 0.717) is 19.5 Å². The fourth-order valence-electron chi connectivity index (χ4n) is 3.99. The predicted molar refractivity (Wildman–Crippen MR) is 97.1 cm³/mol. The molecule has 1 saturated heterocycles. The summed E-state index contributed by atoms with van der Waals surface area (Å²) in [6.07, 6.45) is 3.39. The number of nitrogens with two attached hydrogens (primary N) is 1. The molecular weight excluding hydrogens is 356 g/mol. The Morgan fingerprint density at radius 2 is 2.00 bits per heavy atom. The number of aromatic amines is 1. The van der Waals surface area contributed by atoms with Crippen molar-refractivity contribution in [3.8, 4) is 0 Å². The smallest absolute Gasteiger partial charge is 0.264 e. The Kier molecular flexibility index (Phi) is 3.39. The number of anilines is 1. The van der Waals surface area contributed by atoms with E-state index < -0.39 is 22.6 Å². The van der Waals surface area contributed by atoms with Crippen LogP contribution in [-0.2, 0) is 0 Å². The van der Waals surface area contributed by atoms with Gasteiger partial charge in [0.2, 0.25) is 5.43 Å². The van der Waals surface area contributed by atoms with Crippen LogP contribution in [0.3, 0.4) is 0 Å². The first kappa shape index (κ1) is 16.4. The van der Waals surface area contributed by atoms with Crippen LogP contribution >= 0.6 is 0 Å². The zero-order valence-electron chi connectivity index (χ0n) is 14.3. The molecule has 1 unspecified atom stereocenters. The van der Waals surface area contributed by atoms with E-state index in [0.717, 1.165) is 18.9 Å². The summed E-state index contributed by atoms with van der Waals surface area (Å²) in [6.45, 7) is 0.790. The minimum Gasteiger partial charge on any atom is -0.365 e. The molecule has 1 saturated carbocycles. The summed E-state index contributed by atoms with van der Waals surface area (Å²) >= 11 is 0. The van der Waals surface area contributed by atoms with Crippen molar-refractivity contribution in [3.63, 3.8) is 0 Å². The van der Waals surface area contributed by atoms with E-state index in [2.05, 4.69) is 9.97 Å². The summed E-state index contributed by atoms with van der Waals surface area (Å²) in [5, 5.41) is -0.318. The standard InChI is InChI=1S/C18H17F2N5O2/c19-11-5-10-14(13(20)15(11)24-4-3-8(21)6-24)25(9-1-2-9)17-12(16(10)26)18(27)23-7-22-17/h5,7-9H,1-4,6,21H2,(H,22,23,27). The number of pyridine rings is 1. The van der Waals surface area contributed by atoms with Crippen molar-refractivity contribution < 1.29 is 8.78 Å². The van der Waals surface area contributed by atoms with E-state index in [4.69, 9.17) is 5.73 Å². The lowest BCUT2D eigenvalue weighted by atomic mass is 10.1. The monoisotopic (exact) mass is 373 g/mol. The average Bonchev–Trinajstić information content (AvgIpc) is 3.37. The van der Waals surface area contributed by atoms with E-state index in [1.807, 2.05) is 0 Å². The van der Waals surface area contributed by atoms with Crippen LogP contribution in [0.4, 0.5) is 14.5 Å². The van der Waals surface area contributed by atoms with Gasteiger partial charge in [-0.1, -0.05) is 0 Å². The number of halogens is 2. The van der Waals surface area contributed by atoms with E-state index in [1.165, 1.54) is 6.33 Å². The summed E-state index contributed by atoms with van der Waals surface area (Å²) in [6, 6.07) is 0.811. The summed E-state index contributed by atoms with van der Waals surface area (Å²) in [5.74, 6) is -1.62. The first-order valence-electron chi connectivity index (χ1n) is 8.91. The summed E-state index contributed by atoms with van der Waals surface area (Å²) in [7, 11) is 0. The molecule has 0 radical (unpaired) electrons. The van der Waals surface area contributed by atoms with E-state index in [1.54, 1.807) is 9.47 Å². The van der Waals surface area contributed by atoms with Gasteiger partial charge in [-0.25, -0.2) is 13.8 Å². The second-order valence-electron chi connectivity index (χ2n) is 7.27. The summed E-state index contributed by atoms with van der Waals surface area (Å²) in [5.41, 5.74) is 4.52. The number of nitrogens with one attached hydrogen (secondary N) is 1. The van der Waals surface area contributed by atoms with Gasteiger partial charge in [-0.2, -0.15) is 0 Å². The lowest BCUT2D eigenvalue weighted by molar-refractivity contribution is 0.578. The Labute approximate surface area is 151 Å². The normalized spacial score (nSPS) is 20.1. The third-order valence-electron chi connectivity index (χ3n) is 5.40. The van der Waals surface area contributed by atoms with Crippen LogP contribution in [0.1, 0.15) is 25.3 Å². The summed E-state index contributed by atoms with van der Waals surface area (Å²) in [4.78, 5) is 33.1. The second-order valence-corrected chi connectivity index (χ2v) is 7.27. The molecule has 1 aliphatic heterocycles. The van der Waals surface area contributed by atoms with Gasteiger partial charge in [-0.15, -0.1) is 0 Å². The maximum atomic E-state index is 15.6. The van der Waals surface area contributed by atoms with Crippen LogP contribution in [0.2, 0.25) is 0 Å². The Morgan fingerprint density at radius 1 is 1.22 bits per heavy atom. The molecule has 1 aliphatic carbocycles. The maximum Gasteiger partial charge on any atom is 0.264 e. The van der Waals surface area contributed by atoms with E-state index in [-0.39, 0.29) is 39.7 Å². The number of nitrogens with zero attached hydrogens (tertiary/aromatic N) is 3. The van der Waals surface area contributed by atoms with Crippen LogP contribution in [0, 0.1) is 11.6 Å². The molecule has 7 nitrogen and oxygen atoms in total. The van der Waals surface area contributed by atoms with Gasteiger partial charge >= 0.3 is 0 Å². The number of benzene rings is 1. The van der Waals surface area contributed by atoms with Crippen LogP contribution in [0.25, 0.3) is 21.9 Å². The Hall–Kier alpha value is -2.81. The number of hydrogen-bond acceptors (Lipinski definition) is 5. The molecular formula is C18H17F2N5O2. The quantitative estimate of drug-likeness (QED) is 0.662. The molecule has 2 aromatic heterocycles. The van der Waals surface area contributed by atoms with Crippen LogP contribution in [-0.4, -0.2) is 33.7 Å². The molecule has 9 heteroatoms. The van der Waals surface area contributed by atoms with Crippen molar-refractivity contribution >= 4 is 27.6 Å². The molecule has 0 amide bonds. The zero-order valence-corrected chi connectivity index (χ0v) is 14.3. The summed E-state index contributed by atoms with van der Waals surface area (Å²) < 4.78 is 32.0. The fraction of sp³-hybridized carbons (Fsp3) is 0.389. The van der Waals surface area contributed by atoms with Crippen LogP contribution < -0.4 is 21.6 Å². The fourth-order valence-corrected chi connectivity index (χ4v) is 3.99. The van der Waals surface area contributed by atoms with Crippen molar-refractivity contribution in [1.29, 1.82) is 0 Å². The SMILES string of the molecule is NC1CCN(c2c(F)cc3c(=O)c4c(=O)[nH]cnc4n(C4CC4)c3c2F)C1. The van der Waals surface area contributed by atoms with E-state index in [9.17, 15) is 14.0 Å². The van der Waals surface area contributed by atoms with Gasteiger partial charge in [-0.05, 0) is 25.3 Å². The van der Waals surface area contributed by atoms with Gasteiger partial charge < -0.3 is 20.2 Å². The van der Waals surface area contributed by atoms with Crippen LogP contribution in [0.5, 0.6) is 0 Å². The molecule has 5 rings (SSSR count). The zero-order chi connectivity index (χ0) is 18.9. The molecule has 1 atom stereocenters. The molecule has 3 aromatic rings. The topological polar surface area (TPSA) is 97.0 Å². The number of aromatic nitrogens is 3. The minimum atomic E-state index is -0.826. The van der Waals surface area contributed by atoms with E-state index >= 15 is 4.39 Å². The van der Waals surface area contributed by atoms with Crippen molar-refractivity contribution in [3.05, 3.63) is 44.6 Å². The first-order chi connectivity index (χ1) is 13.0. The highest BCUT2D eigenvalue weighted by Gasteiger charge is 2.33. The third kappa shape index (κ3) is 2.31. The number of hydrogen-bond donors (Lipinski definition) is 2. The number of rotatable bonds is 2. The van der Waals surface area contributed by atoms with Crippen molar-refractivity contribution in [2.24, 2.45) is 5.73 Å². The van der Waals surface area contributed by atoms with Gasteiger partial charge in [0.05, 0.1) is 17.2 Å². The first-order valence-corrected chi connectivity index (χ1v) is 8.91. The minimum absolute atomic E-state index is 0.00460. The van der Waals surface area contributed by atoms with Gasteiger partial charge in [0, 0.05) is 25.2 Å². The Bertz CT molecular complexity index is 1210. The molecule has 1 aromatic carbocycles. The van der Waals surface area contributed by atoms with Crippen molar-refractivity contribution in [1.82, 2.24) is 14.5 Å². The Morgan fingerprint density at radius 3 is 2.67 bits per heavy atom. The average molecular weight is 373 g/mol. The third-order valence-corrected chi connectivity index (χ3v) is 5.40. The molecule has 3 heterocycles. The molecule has 0 bridgehead atoms. The van der Waals surface area contributed by atoms with Crippen LogP contribution in [0.15, 0.2) is 22.0 Å². The van der Waals surface area contributed by atoms with Gasteiger partial charge in [0.1, 0.15) is 16.9 Å². The molecule has 140 valence electrons. The van der Waals surface area contributed by atoms with Gasteiger partial charge in [0.15, 0.2) is 11.5 Å². The number of fused-ring (bicyclic) bond motifs is 2. The molecule has 2 fully saturated rings. The molecule has 27 heavy (non-hydrogen) atoms. The highest BCUT2D eigenvalue weighted by atomic mass is 19.1. The lowest BCUT2D eigenvalue weighted by Gasteiger charge is -2.22. The highest BCUT2D eigenvalue weighted by molar-refractivity contribution is 5.94. The largest absolute Gasteiger partial charge is 0.365 e. The molecule has 0 spiro atoms. The second kappa shape index (κ2) is 5.59. The van der Waals surface area contributed by atoms with Gasteiger partial charge in [0.25, 0.3) is 5.56 Å². The highest BCUT2D eigenvalue weighted by Crippen LogP contribution is 2.41.